The largest absolute Gasteiger partial charge is 0.530 e. The lowest BCUT2D eigenvalue weighted by Gasteiger charge is -2.56. The van der Waals surface area contributed by atoms with Gasteiger partial charge in [0.25, 0.3) is 0 Å². The average molecular weight is 565 g/mol. The number of ketones is 2. The zero-order valence-corrected chi connectivity index (χ0v) is 24.3. The van der Waals surface area contributed by atoms with E-state index >= 15 is 0 Å². The van der Waals surface area contributed by atoms with Gasteiger partial charge in [-0.15, -0.1) is 0 Å². The third kappa shape index (κ3) is 5.14. The van der Waals surface area contributed by atoms with E-state index in [1.165, 1.54) is 0 Å². The Morgan fingerprint density at radius 1 is 0.795 bits per heavy atom. The maximum absolute atomic E-state index is 14.3. The molecule has 0 N–H and O–H groups in total. The third-order valence-corrected chi connectivity index (χ3v) is 10.5. The maximum atomic E-state index is 14.3. The van der Waals surface area contributed by atoms with Crippen LogP contribution in [0.15, 0.2) is 30.3 Å². The molecule has 0 radical (unpaired) electrons. The van der Waals surface area contributed by atoms with Gasteiger partial charge >= 0.3 is 7.82 Å². The molecule has 0 saturated carbocycles. The molecule has 9 atom stereocenters. The minimum Gasteiger partial charge on any atom is -0.404 e. The molecule has 7 rings (SSSR count). The average Bonchev–Trinajstić information content (AvgIpc) is 2.92. The van der Waals surface area contributed by atoms with Gasteiger partial charge in [-0.2, -0.15) is 0 Å². The first-order valence-corrected chi connectivity index (χ1v) is 15.4. The van der Waals surface area contributed by atoms with Gasteiger partial charge in [-0.1, -0.05) is 18.2 Å². The first kappa shape index (κ1) is 28.9. The number of nitrogens with zero attached hydrogens (tertiary/aromatic N) is 2. The Hall–Kier alpha value is -1.65. The number of hydrogen-bond acceptors (Lipinski definition) is 10. The zero-order valence-electron chi connectivity index (χ0n) is 23.4. The summed E-state index contributed by atoms with van der Waals surface area (Å²) >= 11 is 0. The molecule has 0 amide bonds. The van der Waals surface area contributed by atoms with Crippen molar-refractivity contribution in [1.82, 2.24) is 9.80 Å². The predicted molar refractivity (Wildman–Crippen MR) is 144 cm³/mol. The van der Waals surface area contributed by atoms with Crippen molar-refractivity contribution in [1.29, 1.82) is 0 Å². The summed E-state index contributed by atoms with van der Waals surface area (Å²) in [5.74, 6) is 0.200. The molecule has 4 bridgehead atoms. The lowest BCUT2D eigenvalue weighted by molar-refractivity contribution is -0.166. The van der Waals surface area contributed by atoms with Crippen LogP contribution in [0.4, 0.5) is 0 Å². The minimum atomic E-state index is -4.31. The first-order valence-electron chi connectivity index (χ1n) is 13.9. The SMILES string of the molecule is COC[C@]1(COP(=O)(OC[C@@]2(COC)C(=O)[C@H]3CCN2[C@H](C)C3)Oc2ccccc2)C(=O)C2CCN1[C@H](C)C2. The van der Waals surface area contributed by atoms with Gasteiger partial charge in [-0.25, -0.2) is 4.57 Å². The number of hydrogen-bond donors (Lipinski definition) is 0. The molecule has 6 aliphatic rings. The summed E-state index contributed by atoms with van der Waals surface area (Å²) in [4.78, 5) is 31.4. The van der Waals surface area contributed by atoms with E-state index in [2.05, 4.69) is 23.6 Å². The van der Waals surface area contributed by atoms with E-state index in [1.54, 1.807) is 38.5 Å². The van der Waals surface area contributed by atoms with Crippen LogP contribution >= 0.6 is 7.82 Å². The topological polar surface area (TPSA) is 104 Å². The van der Waals surface area contributed by atoms with E-state index in [4.69, 9.17) is 23.0 Å². The molecule has 10 nitrogen and oxygen atoms in total. The number of phosphoric ester groups is 1. The number of fused-ring (bicyclic) bond motifs is 6. The summed E-state index contributed by atoms with van der Waals surface area (Å²) in [5, 5.41) is 0. The number of rotatable bonds is 12. The highest BCUT2D eigenvalue weighted by molar-refractivity contribution is 7.48. The van der Waals surface area contributed by atoms with Crippen LogP contribution in [0.2, 0.25) is 0 Å². The number of methoxy groups -OCH3 is 2. The van der Waals surface area contributed by atoms with Crippen LogP contribution in [0.3, 0.4) is 0 Å². The molecule has 0 aliphatic carbocycles. The number of Topliss-reactive ketones (excluding diaryl/α,β-unsaturated/α-hetero) is 2. The molecule has 39 heavy (non-hydrogen) atoms. The number of carbonyl (C=O) groups is 2. The van der Waals surface area contributed by atoms with Crippen LogP contribution in [-0.2, 0) is 32.7 Å². The lowest BCUT2D eigenvalue weighted by Crippen LogP contribution is -2.72. The van der Waals surface area contributed by atoms with Crippen molar-refractivity contribution in [2.75, 3.05) is 53.7 Å². The summed E-state index contributed by atoms with van der Waals surface area (Å²) in [6.45, 7) is 5.44. The molecule has 0 aromatic heterocycles. The summed E-state index contributed by atoms with van der Waals surface area (Å²) < 4.78 is 43.4. The molecular weight excluding hydrogens is 523 g/mol. The van der Waals surface area contributed by atoms with Crippen molar-refractivity contribution in [2.45, 2.75) is 62.7 Å². The van der Waals surface area contributed by atoms with E-state index in [0.717, 1.165) is 38.8 Å². The Bertz CT molecular complexity index is 1040. The molecule has 216 valence electrons. The highest BCUT2D eigenvalue weighted by Gasteiger charge is 2.59. The molecule has 11 heteroatoms. The van der Waals surface area contributed by atoms with Gasteiger partial charge in [0.05, 0.1) is 26.4 Å². The molecule has 6 saturated heterocycles. The summed E-state index contributed by atoms with van der Waals surface area (Å²) in [5.41, 5.74) is -2.17. The van der Waals surface area contributed by atoms with E-state index in [-0.39, 0.29) is 61.9 Å². The van der Waals surface area contributed by atoms with Gasteiger partial charge in [0.15, 0.2) is 11.6 Å². The van der Waals surface area contributed by atoms with E-state index in [9.17, 15) is 14.2 Å². The second-order valence-electron chi connectivity index (χ2n) is 11.6. The van der Waals surface area contributed by atoms with Crippen molar-refractivity contribution in [3.63, 3.8) is 0 Å². The Kier molecular flexibility index (Phi) is 8.38. The van der Waals surface area contributed by atoms with Crippen molar-refractivity contribution >= 4 is 19.4 Å². The van der Waals surface area contributed by atoms with E-state index < -0.39 is 18.9 Å². The van der Waals surface area contributed by atoms with Crippen LogP contribution in [-0.4, -0.2) is 98.3 Å². The van der Waals surface area contributed by atoms with Crippen LogP contribution in [0, 0.1) is 11.8 Å². The number of phosphoric acid groups is 1. The smallest absolute Gasteiger partial charge is 0.404 e. The number of piperidine rings is 6. The van der Waals surface area contributed by atoms with Crippen LogP contribution in [0.5, 0.6) is 5.75 Å². The van der Waals surface area contributed by atoms with E-state index in [1.807, 2.05) is 6.07 Å². The van der Waals surface area contributed by atoms with Crippen LogP contribution in [0.25, 0.3) is 0 Å². The lowest BCUT2D eigenvalue weighted by atomic mass is 9.71. The third-order valence-electron chi connectivity index (χ3n) is 9.16. The van der Waals surface area contributed by atoms with Gasteiger partial charge in [-0.3, -0.25) is 28.4 Å². The fraction of sp³-hybridized carbons (Fsp3) is 0.714. The normalized spacial score (nSPS) is 39.1. The number of ether oxygens (including phenoxy) is 2. The minimum absolute atomic E-state index is 0.0375. The Balaban J connectivity index is 1.42. The van der Waals surface area contributed by atoms with Crippen molar-refractivity contribution < 1.29 is 37.2 Å². The van der Waals surface area contributed by atoms with Crippen molar-refractivity contribution in [3.8, 4) is 5.75 Å². The second kappa shape index (κ2) is 11.3. The summed E-state index contributed by atoms with van der Waals surface area (Å²) in [6, 6.07) is 8.97. The Labute approximate surface area is 230 Å². The number of para-hydroxylation sites is 1. The quantitative estimate of drug-likeness (QED) is 0.351. The fourth-order valence-corrected chi connectivity index (χ4v) is 8.69. The summed E-state index contributed by atoms with van der Waals surface area (Å²) in [6.07, 6.45) is 3.16. The second-order valence-corrected chi connectivity index (χ2v) is 13.2. The van der Waals surface area contributed by atoms with Gasteiger partial charge in [0.1, 0.15) is 16.8 Å². The standard InChI is InChI=1S/C28H41N2O8P/c1-20-14-22-10-12-29(20)27(16-34-3,25(22)31)18-36-39(33,38-24-8-6-5-7-9-24)37-19-28(17-35-4)26(32)23-11-13-30(28)21(2)15-23/h5-9,20-23H,10-19H2,1-4H3/t20-,21-,22+,23?,27+,28+,39?/m1/s1. The molecule has 6 heterocycles. The highest BCUT2D eigenvalue weighted by Crippen LogP contribution is 2.53. The predicted octanol–water partition coefficient (Wildman–Crippen LogP) is 3.34. The number of benzene rings is 1. The van der Waals surface area contributed by atoms with Gasteiger partial charge < -0.3 is 14.0 Å². The maximum Gasteiger partial charge on any atom is 0.530 e. The van der Waals surface area contributed by atoms with Gasteiger partial charge in [0, 0.05) is 51.2 Å². The molecule has 4 unspecified atom stereocenters. The Morgan fingerprint density at radius 2 is 1.26 bits per heavy atom. The van der Waals surface area contributed by atoms with Crippen LogP contribution in [0.1, 0.15) is 39.5 Å². The van der Waals surface area contributed by atoms with E-state index in [0.29, 0.717) is 5.75 Å². The van der Waals surface area contributed by atoms with Crippen LogP contribution < -0.4 is 4.52 Å². The molecule has 1 aromatic rings. The van der Waals surface area contributed by atoms with Crippen molar-refractivity contribution in [2.24, 2.45) is 11.8 Å². The Morgan fingerprint density at radius 3 is 1.67 bits per heavy atom. The highest BCUT2D eigenvalue weighted by atomic mass is 31.2. The molecule has 0 spiro atoms. The summed E-state index contributed by atoms with van der Waals surface area (Å²) in [7, 11) is -1.21. The molecular formula is C28H41N2O8P. The molecule has 1 aromatic carbocycles. The zero-order chi connectivity index (χ0) is 27.8. The molecule has 6 fully saturated rings. The number of carbonyl (C=O) groups excluding carboxylic acids is 2. The monoisotopic (exact) mass is 564 g/mol. The molecule has 6 aliphatic heterocycles. The van der Waals surface area contributed by atoms with Gasteiger partial charge in [-0.05, 0) is 51.7 Å². The first-order chi connectivity index (χ1) is 18.7. The fourth-order valence-electron chi connectivity index (χ4n) is 7.38. The van der Waals surface area contributed by atoms with Gasteiger partial charge in [0.2, 0.25) is 0 Å². The van der Waals surface area contributed by atoms with Crippen molar-refractivity contribution in [3.05, 3.63) is 30.3 Å².